The summed E-state index contributed by atoms with van der Waals surface area (Å²) in [5.41, 5.74) is 1.70. The molecule has 0 amide bonds. The highest BCUT2D eigenvalue weighted by Gasteiger charge is 2.17. The van der Waals surface area contributed by atoms with E-state index in [1.165, 1.54) is 6.07 Å². The van der Waals surface area contributed by atoms with Crippen LogP contribution in [0.25, 0.3) is 0 Å². The number of Topliss-reactive ketones (excluding diaryl/α,β-unsaturated/α-hetero) is 1. The molecule has 1 unspecified atom stereocenters. The standard InChI is InChI=1S/C11H14FO2P/c1-6-4-7(2)10(12)5-9(6)11(13)8(3)14-15/h4-5,8H,15H2,1-3H3/t8-/m1/s1. The van der Waals surface area contributed by atoms with E-state index in [0.29, 0.717) is 11.1 Å². The van der Waals surface area contributed by atoms with E-state index in [1.807, 2.05) is 9.47 Å². The van der Waals surface area contributed by atoms with Crippen LogP contribution < -0.4 is 0 Å². The van der Waals surface area contributed by atoms with Crippen molar-refractivity contribution in [2.75, 3.05) is 0 Å². The summed E-state index contributed by atoms with van der Waals surface area (Å²) in [6.07, 6.45) is -0.573. The molecule has 0 saturated carbocycles. The Hall–Kier alpha value is -0.790. The summed E-state index contributed by atoms with van der Waals surface area (Å²) in [4.78, 5) is 11.8. The van der Waals surface area contributed by atoms with Crippen molar-refractivity contribution in [2.24, 2.45) is 0 Å². The van der Waals surface area contributed by atoms with Gasteiger partial charge in [0.2, 0.25) is 0 Å². The van der Waals surface area contributed by atoms with E-state index in [1.54, 1.807) is 26.8 Å². The van der Waals surface area contributed by atoms with E-state index < -0.39 is 6.10 Å². The minimum absolute atomic E-state index is 0.207. The van der Waals surface area contributed by atoms with Gasteiger partial charge in [0.15, 0.2) is 5.78 Å². The van der Waals surface area contributed by atoms with Gasteiger partial charge in [-0.1, -0.05) is 6.07 Å². The van der Waals surface area contributed by atoms with Crippen LogP contribution in [-0.2, 0) is 4.52 Å². The van der Waals surface area contributed by atoms with Gasteiger partial charge in [-0.05, 0) is 38.0 Å². The summed E-state index contributed by atoms with van der Waals surface area (Å²) >= 11 is 0. The molecule has 0 radical (unpaired) electrons. The normalized spacial score (nSPS) is 12.6. The molecular formula is C11H14FO2P. The molecule has 0 bridgehead atoms. The zero-order valence-corrected chi connectivity index (χ0v) is 10.2. The number of carbonyl (C=O) groups excluding carboxylic acids is 1. The van der Waals surface area contributed by atoms with E-state index in [9.17, 15) is 9.18 Å². The predicted octanol–water partition coefficient (Wildman–Crippen LogP) is 2.82. The number of halogens is 1. The second-order valence-electron chi connectivity index (χ2n) is 3.56. The van der Waals surface area contributed by atoms with E-state index in [0.717, 1.165) is 5.56 Å². The van der Waals surface area contributed by atoms with Crippen LogP contribution in [0, 0.1) is 19.7 Å². The fourth-order valence-corrected chi connectivity index (χ4v) is 1.50. The molecule has 0 heterocycles. The third-order valence-electron chi connectivity index (χ3n) is 2.34. The van der Waals surface area contributed by atoms with Gasteiger partial charge >= 0.3 is 0 Å². The fraction of sp³-hybridized carbons (Fsp3) is 0.364. The average Bonchev–Trinajstić information content (AvgIpc) is 2.21. The summed E-state index contributed by atoms with van der Waals surface area (Å²) in [7, 11) is 2.04. The van der Waals surface area contributed by atoms with Crippen LogP contribution >= 0.6 is 9.47 Å². The quantitative estimate of drug-likeness (QED) is 0.587. The van der Waals surface area contributed by atoms with Gasteiger partial charge in [-0.25, -0.2) is 4.39 Å². The maximum atomic E-state index is 13.3. The van der Waals surface area contributed by atoms with Crippen LogP contribution in [0.15, 0.2) is 12.1 Å². The molecule has 2 nitrogen and oxygen atoms in total. The smallest absolute Gasteiger partial charge is 0.191 e. The molecule has 1 rings (SSSR count). The Bertz CT molecular complexity index is 390. The third kappa shape index (κ3) is 2.61. The van der Waals surface area contributed by atoms with Gasteiger partial charge in [-0.15, -0.1) is 0 Å². The van der Waals surface area contributed by atoms with Gasteiger partial charge in [0, 0.05) is 15.0 Å². The minimum Gasteiger partial charge on any atom is -0.355 e. The molecule has 0 aliphatic heterocycles. The van der Waals surface area contributed by atoms with Gasteiger partial charge in [0.1, 0.15) is 11.9 Å². The van der Waals surface area contributed by atoms with Crippen molar-refractivity contribution in [3.63, 3.8) is 0 Å². The Kier molecular flexibility index (Phi) is 3.95. The third-order valence-corrected chi connectivity index (χ3v) is 2.75. The van der Waals surface area contributed by atoms with Crippen molar-refractivity contribution in [1.29, 1.82) is 0 Å². The summed E-state index contributed by atoms with van der Waals surface area (Å²) in [6.45, 7) is 5.09. The predicted molar refractivity (Wildman–Crippen MR) is 60.5 cm³/mol. The average molecular weight is 228 g/mol. The first-order chi connectivity index (χ1) is 6.97. The first-order valence-corrected chi connectivity index (χ1v) is 5.11. The lowest BCUT2D eigenvalue weighted by Gasteiger charge is -2.11. The molecule has 15 heavy (non-hydrogen) atoms. The first-order valence-electron chi connectivity index (χ1n) is 4.64. The van der Waals surface area contributed by atoms with E-state index in [2.05, 4.69) is 0 Å². The largest absolute Gasteiger partial charge is 0.355 e. The summed E-state index contributed by atoms with van der Waals surface area (Å²) in [5.74, 6) is -0.568. The van der Waals surface area contributed by atoms with Gasteiger partial charge in [-0.3, -0.25) is 4.79 Å². The minimum atomic E-state index is -0.573. The number of ketones is 1. The molecule has 0 N–H and O–H groups in total. The highest BCUT2D eigenvalue weighted by Crippen LogP contribution is 2.17. The van der Waals surface area contributed by atoms with E-state index >= 15 is 0 Å². The van der Waals surface area contributed by atoms with Gasteiger partial charge in [-0.2, -0.15) is 0 Å². The lowest BCUT2D eigenvalue weighted by atomic mass is 9.99. The second-order valence-corrected chi connectivity index (χ2v) is 3.83. The molecule has 1 aromatic rings. The fourth-order valence-electron chi connectivity index (χ4n) is 1.37. The number of benzene rings is 1. The highest BCUT2D eigenvalue weighted by atomic mass is 31.0. The molecular weight excluding hydrogens is 214 g/mol. The van der Waals surface area contributed by atoms with Crippen molar-refractivity contribution in [2.45, 2.75) is 26.9 Å². The SMILES string of the molecule is Cc1cc(C)c(C(=O)[C@@H](C)OP)cc1F. The maximum Gasteiger partial charge on any atom is 0.191 e. The van der Waals surface area contributed by atoms with Crippen molar-refractivity contribution in [3.8, 4) is 0 Å². The molecule has 82 valence electrons. The number of hydrogen-bond donors (Lipinski definition) is 0. The van der Waals surface area contributed by atoms with E-state index in [-0.39, 0.29) is 11.6 Å². The van der Waals surface area contributed by atoms with Crippen molar-refractivity contribution >= 4 is 15.2 Å². The van der Waals surface area contributed by atoms with Crippen molar-refractivity contribution in [1.82, 2.24) is 0 Å². The summed E-state index contributed by atoms with van der Waals surface area (Å²) in [6, 6.07) is 2.94. The number of carbonyl (C=O) groups is 1. The Morgan fingerprint density at radius 1 is 1.40 bits per heavy atom. The monoisotopic (exact) mass is 228 g/mol. The molecule has 2 atom stereocenters. The Morgan fingerprint density at radius 3 is 2.53 bits per heavy atom. The lowest BCUT2D eigenvalue weighted by Crippen LogP contribution is -2.18. The van der Waals surface area contributed by atoms with Crippen LogP contribution in [0.3, 0.4) is 0 Å². The second kappa shape index (κ2) is 4.82. The van der Waals surface area contributed by atoms with Crippen LogP contribution in [-0.4, -0.2) is 11.9 Å². The number of rotatable bonds is 3. The Labute approximate surface area is 91.1 Å². The number of aryl methyl sites for hydroxylation is 2. The Balaban J connectivity index is 3.15. The van der Waals surface area contributed by atoms with Gasteiger partial charge < -0.3 is 4.52 Å². The van der Waals surface area contributed by atoms with Crippen LogP contribution in [0.5, 0.6) is 0 Å². The molecule has 0 aliphatic rings. The molecule has 1 aromatic carbocycles. The number of hydrogen-bond acceptors (Lipinski definition) is 2. The van der Waals surface area contributed by atoms with Crippen molar-refractivity contribution < 1.29 is 13.7 Å². The van der Waals surface area contributed by atoms with Gasteiger partial charge in [0.25, 0.3) is 0 Å². The highest BCUT2D eigenvalue weighted by molar-refractivity contribution is 7.09. The van der Waals surface area contributed by atoms with Crippen molar-refractivity contribution in [3.05, 3.63) is 34.6 Å². The van der Waals surface area contributed by atoms with E-state index in [4.69, 9.17) is 4.52 Å². The molecule has 0 fully saturated rings. The molecule has 0 aliphatic carbocycles. The van der Waals surface area contributed by atoms with Crippen LogP contribution in [0.2, 0.25) is 0 Å². The van der Waals surface area contributed by atoms with Gasteiger partial charge in [0.05, 0.1) is 0 Å². The first kappa shape index (κ1) is 12.3. The maximum absolute atomic E-state index is 13.3. The molecule has 0 spiro atoms. The molecule has 0 saturated heterocycles. The molecule has 4 heteroatoms. The topological polar surface area (TPSA) is 26.3 Å². The zero-order valence-electron chi connectivity index (χ0n) is 9.00. The van der Waals surface area contributed by atoms with Crippen LogP contribution in [0.1, 0.15) is 28.4 Å². The Morgan fingerprint density at radius 2 is 2.00 bits per heavy atom. The lowest BCUT2D eigenvalue weighted by molar-refractivity contribution is 0.0843. The van der Waals surface area contributed by atoms with Crippen LogP contribution in [0.4, 0.5) is 4.39 Å². The summed E-state index contributed by atoms with van der Waals surface area (Å²) < 4.78 is 18.1. The summed E-state index contributed by atoms with van der Waals surface area (Å²) in [5, 5.41) is 0. The molecule has 0 aromatic heterocycles. The zero-order chi connectivity index (χ0) is 11.6.